The molecule has 1 atom stereocenters. The first kappa shape index (κ1) is 18.0. The number of nitrogens with one attached hydrogen (secondary N) is 2. The molecule has 0 aliphatic heterocycles. The summed E-state index contributed by atoms with van der Waals surface area (Å²) >= 11 is 0. The predicted molar refractivity (Wildman–Crippen MR) is 114 cm³/mol. The third-order valence-corrected chi connectivity index (χ3v) is 5.07. The lowest BCUT2D eigenvalue weighted by Crippen LogP contribution is -2.21. The van der Waals surface area contributed by atoms with Gasteiger partial charge in [-0.25, -0.2) is 4.98 Å². The molecule has 1 unspecified atom stereocenters. The minimum atomic E-state index is -0.157. The zero-order valence-corrected chi connectivity index (χ0v) is 16.1. The van der Waals surface area contributed by atoms with Crippen LogP contribution < -0.4 is 5.32 Å². The molecule has 3 aromatic carbocycles. The molecular weight excluding hydrogens is 346 g/mol. The Morgan fingerprint density at radius 1 is 1.04 bits per heavy atom. The van der Waals surface area contributed by atoms with Crippen LogP contribution in [0.4, 0.5) is 5.69 Å². The summed E-state index contributed by atoms with van der Waals surface area (Å²) in [6, 6.07) is 23.9. The van der Waals surface area contributed by atoms with E-state index >= 15 is 0 Å². The third-order valence-electron chi connectivity index (χ3n) is 5.07. The summed E-state index contributed by atoms with van der Waals surface area (Å²) in [7, 11) is 0. The topological polar surface area (TPSA) is 57.8 Å². The number of rotatable bonds is 5. The van der Waals surface area contributed by atoms with E-state index in [0.29, 0.717) is 0 Å². The third kappa shape index (κ3) is 3.54. The summed E-state index contributed by atoms with van der Waals surface area (Å²) in [4.78, 5) is 20.8. The van der Waals surface area contributed by atoms with E-state index in [-0.39, 0.29) is 11.8 Å². The summed E-state index contributed by atoms with van der Waals surface area (Å²) in [5.41, 5.74) is 5.84. The average Bonchev–Trinajstić information content (AvgIpc) is 3.15. The molecule has 1 amide bonds. The van der Waals surface area contributed by atoms with Gasteiger partial charge >= 0.3 is 0 Å². The molecule has 1 heterocycles. The van der Waals surface area contributed by atoms with Crippen LogP contribution in [0.15, 0.2) is 72.8 Å². The standard InChI is InChI=1S/C24H23N3O/c1-3-19(17-9-5-4-6-10-17)24(28)27-20-14-13-18(15-16(20)2)23-25-21-11-7-8-12-22(21)26-23/h4-15,19H,3H2,1-2H3,(H,25,26)(H,27,28). The van der Waals surface area contributed by atoms with Gasteiger partial charge in [-0.2, -0.15) is 0 Å². The zero-order valence-electron chi connectivity index (χ0n) is 16.1. The van der Waals surface area contributed by atoms with Gasteiger partial charge in [0.2, 0.25) is 5.91 Å². The lowest BCUT2D eigenvalue weighted by molar-refractivity contribution is -0.117. The maximum Gasteiger partial charge on any atom is 0.231 e. The number of aryl methyl sites for hydroxylation is 1. The summed E-state index contributed by atoms with van der Waals surface area (Å²) in [5, 5.41) is 3.10. The highest BCUT2D eigenvalue weighted by atomic mass is 16.1. The van der Waals surface area contributed by atoms with E-state index in [1.807, 2.05) is 80.6 Å². The number of nitrogens with zero attached hydrogens (tertiary/aromatic N) is 1. The number of hydrogen-bond acceptors (Lipinski definition) is 2. The molecule has 0 aliphatic carbocycles. The Morgan fingerprint density at radius 3 is 2.50 bits per heavy atom. The van der Waals surface area contributed by atoms with Crippen LogP contribution in [-0.2, 0) is 4.79 Å². The summed E-state index contributed by atoms with van der Waals surface area (Å²) < 4.78 is 0. The van der Waals surface area contributed by atoms with Crippen molar-refractivity contribution < 1.29 is 4.79 Å². The maximum atomic E-state index is 12.8. The van der Waals surface area contributed by atoms with Crippen molar-refractivity contribution in [2.75, 3.05) is 5.32 Å². The van der Waals surface area contributed by atoms with Crippen molar-refractivity contribution in [2.45, 2.75) is 26.2 Å². The monoisotopic (exact) mass is 369 g/mol. The van der Waals surface area contributed by atoms with Gasteiger partial charge in [-0.15, -0.1) is 0 Å². The molecule has 140 valence electrons. The maximum absolute atomic E-state index is 12.8. The smallest absolute Gasteiger partial charge is 0.231 e. The van der Waals surface area contributed by atoms with Crippen LogP contribution in [0.3, 0.4) is 0 Å². The van der Waals surface area contributed by atoms with Crippen molar-refractivity contribution in [2.24, 2.45) is 0 Å². The van der Waals surface area contributed by atoms with Crippen molar-refractivity contribution in [1.82, 2.24) is 9.97 Å². The van der Waals surface area contributed by atoms with Crippen LogP contribution in [0.1, 0.15) is 30.4 Å². The molecule has 0 radical (unpaired) electrons. The van der Waals surface area contributed by atoms with E-state index in [4.69, 9.17) is 0 Å². The van der Waals surface area contributed by atoms with Crippen molar-refractivity contribution in [3.05, 3.63) is 83.9 Å². The Morgan fingerprint density at radius 2 is 1.79 bits per heavy atom. The highest BCUT2D eigenvalue weighted by Gasteiger charge is 2.19. The van der Waals surface area contributed by atoms with Gasteiger partial charge in [0, 0.05) is 11.3 Å². The molecule has 0 fully saturated rings. The van der Waals surface area contributed by atoms with E-state index < -0.39 is 0 Å². The summed E-state index contributed by atoms with van der Waals surface area (Å²) in [5.74, 6) is 0.696. The van der Waals surface area contributed by atoms with Crippen molar-refractivity contribution in [1.29, 1.82) is 0 Å². The van der Waals surface area contributed by atoms with E-state index in [0.717, 1.165) is 45.7 Å². The van der Waals surface area contributed by atoms with Gasteiger partial charge in [-0.3, -0.25) is 4.79 Å². The number of amides is 1. The number of hydrogen-bond donors (Lipinski definition) is 2. The van der Waals surface area contributed by atoms with E-state index in [2.05, 4.69) is 21.4 Å². The molecule has 1 aromatic heterocycles. The second kappa shape index (κ2) is 7.69. The quantitative estimate of drug-likeness (QED) is 0.476. The van der Waals surface area contributed by atoms with Crippen LogP contribution in [0.5, 0.6) is 0 Å². The second-order valence-corrected chi connectivity index (χ2v) is 6.99. The molecule has 0 saturated carbocycles. The fourth-order valence-corrected chi connectivity index (χ4v) is 3.52. The average molecular weight is 369 g/mol. The number of imidazole rings is 1. The Kier molecular flexibility index (Phi) is 4.94. The van der Waals surface area contributed by atoms with Crippen LogP contribution in [0.2, 0.25) is 0 Å². The minimum absolute atomic E-state index is 0.0216. The Hall–Kier alpha value is -3.40. The first-order chi connectivity index (χ1) is 13.7. The lowest BCUT2D eigenvalue weighted by atomic mass is 9.95. The number of aromatic amines is 1. The number of benzene rings is 3. The molecule has 2 N–H and O–H groups in total. The number of fused-ring (bicyclic) bond motifs is 1. The van der Waals surface area contributed by atoms with Crippen LogP contribution in [-0.4, -0.2) is 15.9 Å². The normalized spacial score (nSPS) is 12.1. The van der Waals surface area contributed by atoms with Crippen LogP contribution in [0.25, 0.3) is 22.4 Å². The first-order valence-corrected chi connectivity index (χ1v) is 9.57. The molecule has 0 aliphatic rings. The SMILES string of the molecule is CCC(C(=O)Nc1ccc(-c2nc3ccccc3[nH]2)cc1C)c1ccccc1. The molecule has 0 bridgehead atoms. The molecule has 4 heteroatoms. The van der Waals surface area contributed by atoms with Gasteiger partial charge in [0.25, 0.3) is 0 Å². The summed E-state index contributed by atoms with van der Waals surface area (Å²) in [6.07, 6.45) is 0.756. The molecule has 4 nitrogen and oxygen atoms in total. The predicted octanol–water partition coefficient (Wildman–Crippen LogP) is 5.67. The Bertz CT molecular complexity index is 1080. The fourth-order valence-electron chi connectivity index (χ4n) is 3.52. The van der Waals surface area contributed by atoms with Crippen molar-refractivity contribution in [3.8, 4) is 11.4 Å². The molecule has 4 aromatic rings. The second-order valence-electron chi connectivity index (χ2n) is 6.99. The molecule has 0 spiro atoms. The Labute approximate surface area is 164 Å². The molecule has 28 heavy (non-hydrogen) atoms. The largest absolute Gasteiger partial charge is 0.338 e. The number of aromatic nitrogens is 2. The van der Waals surface area contributed by atoms with Gasteiger partial charge in [-0.05, 0) is 54.8 Å². The highest BCUT2D eigenvalue weighted by molar-refractivity contribution is 5.96. The molecule has 0 saturated heterocycles. The number of carbonyl (C=O) groups is 1. The number of para-hydroxylation sites is 2. The Balaban J connectivity index is 1.57. The number of carbonyl (C=O) groups excluding carboxylic acids is 1. The molecule has 4 rings (SSSR count). The van der Waals surface area contributed by atoms with Crippen LogP contribution in [0, 0.1) is 6.92 Å². The lowest BCUT2D eigenvalue weighted by Gasteiger charge is -2.17. The van der Waals surface area contributed by atoms with E-state index in [1.54, 1.807) is 0 Å². The first-order valence-electron chi connectivity index (χ1n) is 9.57. The van der Waals surface area contributed by atoms with Gasteiger partial charge in [0.1, 0.15) is 5.82 Å². The van der Waals surface area contributed by atoms with E-state index in [1.165, 1.54) is 0 Å². The minimum Gasteiger partial charge on any atom is -0.338 e. The molecular formula is C24H23N3O. The van der Waals surface area contributed by atoms with Crippen molar-refractivity contribution >= 4 is 22.6 Å². The fraction of sp³-hybridized carbons (Fsp3) is 0.167. The number of H-pyrrole nitrogens is 1. The highest BCUT2D eigenvalue weighted by Crippen LogP contribution is 2.27. The van der Waals surface area contributed by atoms with Gasteiger partial charge in [0.15, 0.2) is 0 Å². The van der Waals surface area contributed by atoms with Gasteiger partial charge in [0.05, 0.1) is 17.0 Å². The van der Waals surface area contributed by atoms with E-state index in [9.17, 15) is 4.79 Å². The van der Waals surface area contributed by atoms with Crippen molar-refractivity contribution in [3.63, 3.8) is 0 Å². The number of anilines is 1. The van der Waals surface area contributed by atoms with Gasteiger partial charge in [-0.1, -0.05) is 49.4 Å². The van der Waals surface area contributed by atoms with Crippen LogP contribution >= 0.6 is 0 Å². The zero-order chi connectivity index (χ0) is 19.5. The van der Waals surface area contributed by atoms with Gasteiger partial charge < -0.3 is 10.3 Å². The summed E-state index contributed by atoms with van der Waals surface area (Å²) in [6.45, 7) is 4.04.